The summed E-state index contributed by atoms with van der Waals surface area (Å²) in [6.45, 7) is 1.87. The molecule has 0 fully saturated rings. The third-order valence-electron chi connectivity index (χ3n) is 5.54. The van der Waals surface area contributed by atoms with Gasteiger partial charge in [-0.2, -0.15) is 5.10 Å². The highest BCUT2D eigenvalue weighted by molar-refractivity contribution is 6.15. The second-order valence-corrected chi connectivity index (χ2v) is 7.72. The number of alkyl halides is 2. The molecule has 0 saturated heterocycles. The van der Waals surface area contributed by atoms with E-state index in [1.165, 1.54) is 23.0 Å². The maximum Gasteiger partial charge on any atom is 0.586 e. The van der Waals surface area contributed by atoms with Crippen molar-refractivity contribution in [2.75, 3.05) is 5.73 Å². The fourth-order valence-electron chi connectivity index (χ4n) is 4.10. The maximum absolute atomic E-state index is 13.3. The first kappa shape index (κ1) is 18.6. The summed E-state index contributed by atoms with van der Waals surface area (Å²) in [5, 5.41) is 4.29. The molecule has 4 aromatic rings. The van der Waals surface area contributed by atoms with E-state index in [9.17, 15) is 13.6 Å². The van der Waals surface area contributed by atoms with Gasteiger partial charge in [-0.15, -0.1) is 8.78 Å². The number of imidazole rings is 1. The molecule has 0 radical (unpaired) electrons. The lowest BCUT2D eigenvalue weighted by Gasteiger charge is -2.06. The second kappa shape index (κ2) is 6.16. The van der Waals surface area contributed by atoms with Crippen molar-refractivity contribution in [3.63, 3.8) is 0 Å². The lowest BCUT2D eigenvalue weighted by molar-refractivity contribution is -0.286. The number of nitrogens with two attached hydrogens (primary N) is 1. The molecule has 0 bridgehead atoms. The molecule has 10 heteroatoms. The summed E-state index contributed by atoms with van der Waals surface area (Å²) in [5.74, 6) is 0.606. The zero-order chi connectivity index (χ0) is 22.2. The van der Waals surface area contributed by atoms with Gasteiger partial charge in [-0.25, -0.2) is 9.67 Å². The number of aromatic nitrogens is 4. The molecular formula is C22H15F2N5O3. The number of nitrogen functional groups attached to an aromatic ring is 1. The Labute approximate surface area is 179 Å². The molecule has 160 valence electrons. The third-order valence-corrected chi connectivity index (χ3v) is 5.54. The van der Waals surface area contributed by atoms with Crippen molar-refractivity contribution in [1.82, 2.24) is 19.7 Å². The van der Waals surface area contributed by atoms with Crippen LogP contribution in [0.4, 0.5) is 14.6 Å². The minimum absolute atomic E-state index is 0.0485. The normalized spacial score (nSPS) is 15.8. The van der Waals surface area contributed by atoms with E-state index in [0.717, 1.165) is 16.9 Å². The van der Waals surface area contributed by atoms with Gasteiger partial charge in [0, 0.05) is 12.0 Å². The first-order valence-corrected chi connectivity index (χ1v) is 9.76. The number of hydrogen-bond donors (Lipinski definition) is 2. The van der Waals surface area contributed by atoms with Crippen molar-refractivity contribution in [3.05, 3.63) is 64.6 Å². The number of nitrogens with zero attached hydrogens (tertiary/aromatic N) is 3. The summed E-state index contributed by atoms with van der Waals surface area (Å²) >= 11 is 0. The Bertz CT molecular complexity index is 1480. The van der Waals surface area contributed by atoms with E-state index in [-0.39, 0.29) is 35.1 Å². The Morgan fingerprint density at radius 1 is 1.22 bits per heavy atom. The van der Waals surface area contributed by atoms with Crippen molar-refractivity contribution in [2.24, 2.45) is 0 Å². The summed E-state index contributed by atoms with van der Waals surface area (Å²) in [6, 6.07) is 8.44. The number of hydrogen-bond acceptors (Lipinski definition) is 6. The molecule has 0 spiro atoms. The lowest BCUT2D eigenvalue weighted by Crippen LogP contribution is -2.25. The van der Waals surface area contributed by atoms with Gasteiger partial charge in [0.1, 0.15) is 11.6 Å². The van der Waals surface area contributed by atoms with Crippen LogP contribution in [0.2, 0.25) is 0 Å². The van der Waals surface area contributed by atoms with Crippen LogP contribution in [0.15, 0.2) is 42.1 Å². The van der Waals surface area contributed by atoms with E-state index < -0.39 is 6.29 Å². The quantitative estimate of drug-likeness (QED) is 0.474. The van der Waals surface area contributed by atoms with Crippen molar-refractivity contribution in [3.8, 4) is 17.2 Å². The number of ether oxygens (including phenoxy) is 2. The van der Waals surface area contributed by atoms with Crippen LogP contribution in [0.25, 0.3) is 22.8 Å². The predicted molar refractivity (Wildman–Crippen MR) is 111 cm³/mol. The van der Waals surface area contributed by atoms with Gasteiger partial charge >= 0.3 is 6.29 Å². The average Bonchev–Trinajstić information content (AvgIpc) is 3.46. The van der Waals surface area contributed by atoms with Gasteiger partial charge < -0.3 is 20.2 Å². The SMILES string of the molecule is Cc1nc2ccc(-n3ncc(C(=O)C4=Cc5cc6c(cc5C4)OC(F)(F)O6)c3N)cc2[nH]1. The third kappa shape index (κ3) is 2.76. The number of aromatic amines is 1. The van der Waals surface area contributed by atoms with E-state index in [2.05, 4.69) is 24.5 Å². The summed E-state index contributed by atoms with van der Waals surface area (Å²) < 4.78 is 37.0. The zero-order valence-corrected chi connectivity index (χ0v) is 16.6. The molecular weight excluding hydrogens is 420 g/mol. The van der Waals surface area contributed by atoms with Crippen LogP contribution < -0.4 is 15.2 Å². The maximum atomic E-state index is 13.3. The van der Waals surface area contributed by atoms with Gasteiger partial charge in [-0.3, -0.25) is 4.79 Å². The molecule has 2 aromatic carbocycles. The first-order valence-electron chi connectivity index (χ1n) is 9.76. The standard InChI is InChI=1S/C22H15F2N5O3/c1-10-27-16-3-2-14(8-17(16)28-10)29-21(25)15(9-26-29)20(30)13-4-11-6-18-19(7-12(11)5-13)32-22(23,24)31-18/h2-4,6-9H,5,25H2,1H3,(H,27,28). The fraction of sp³-hybridized carbons (Fsp3) is 0.136. The number of rotatable bonds is 3. The second-order valence-electron chi connectivity index (χ2n) is 7.72. The van der Waals surface area contributed by atoms with Crippen LogP contribution in [-0.4, -0.2) is 31.8 Å². The van der Waals surface area contributed by atoms with E-state index >= 15 is 0 Å². The number of halogens is 2. The summed E-state index contributed by atoms with van der Waals surface area (Å²) in [5.41, 5.74) is 10.7. The van der Waals surface area contributed by atoms with Crippen molar-refractivity contribution in [2.45, 2.75) is 19.6 Å². The molecule has 1 aliphatic carbocycles. The number of anilines is 1. The number of carbonyl (C=O) groups excluding carboxylic acids is 1. The van der Waals surface area contributed by atoms with Crippen molar-refractivity contribution < 1.29 is 23.0 Å². The number of benzene rings is 2. The number of fused-ring (bicyclic) bond motifs is 3. The van der Waals surface area contributed by atoms with Gasteiger partial charge in [0.2, 0.25) is 0 Å². The summed E-state index contributed by atoms with van der Waals surface area (Å²) in [7, 11) is 0. The van der Waals surface area contributed by atoms with Crippen molar-refractivity contribution in [1.29, 1.82) is 0 Å². The minimum Gasteiger partial charge on any atom is -0.395 e. The van der Waals surface area contributed by atoms with Crippen LogP contribution in [-0.2, 0) is 6.42 Å². The molecule has 32 heavy (non-hydrogen) atoms. The lowest BCUT2D eigenvalue weighted by atomic mass is 10.0. The molecule has 2 aromatic heterocycles. The van der Waals surface area contributed by atoms with Crippen LogP contribution in [0.5, 0.6) is 11.5 Å². The summed E-state index contributed by atoms with van der Waals surface area (Å²) in [4.78, 5) is 20.7. The van der Waals surface area contributed by atoms with Crippen LogP contribution in [0.3, 0.4) is 0 Å². The number of Topliss-reactive ketones (excluding diaryl/α,β-unsaturated/α-hetero) is 1. The molecule has 1 aliphatic heterocycles. The molecule has 0 amide bonds. The van der Waals surface area contributed by atoms with Crippen LogP contribution >= 0.6 is 0 Å². The number of allylic oxidation sites excluding steroid dienone is 1. The first-order chi connectivity index (χ1) is 15.3. The Morgan fingerprint density at radius 2 is 2.00 bits per heavy atom. The Kier molecular flexibility index (Phi) is 3.57. The topological polar surface area (TPSA) is 108 Å². The number of nitrogens with one attached hydrogen (secondary N) is 1. The molecule has 3 N–H and O–H groups in total. The number of carbonyl (C=O) groups is 1. The Morgan fingerprint density at radius 3 is 2.81 bits per heavy atom. The average molecular weight is 435 g/mol. The molecule has 0 unspecified atom stereocenters. The van der Waals surface area contributed by atoms with Gasteiger partial charge in [0.25, 0.3) is 0 Å². The monoisotopic (exact) mass is 435 g/mol. The van der Waals surface area contributed by atoms with Gasteiger partial charge in [0.15, 0.2) is 17.3 Å². The van der Waals surface area contributed by atoms with Gasteiger partial charge in [-0.05, 0) is 54.5 Å². The van der Waals surface area contributed by atoms with E-state index in [1.54, 1.807) is 6.08 Å². The Hall–Kier alpha value is -4.21. The van der Waals surface area contributed by atoms with Crippen molar-refractivity contribution >= 4 is 28.7 Å². The highest BCUT2D eigenvalue weighted by Crippen LogP contribution is 2.45. The molecule has 3 heterocycles. The van der Waals surface area contributed by atoms with E-state index in [4.69, 9.17) is 5.73 Å². The highest BCUT2D eigenvalue weighted by atomic mass is 19.3. The molecule has 2 aliphatic rings. The minimum atomic E-state index is -3.68. The Balaban J connectivity index is 1.31. The highest BCUT2D eigenvalue weighted by Gasteiger charge is 2.44. The molecule has 8 nitrogen and oxygen atoms in total. The fourth-order valence-corrected chi connectivity index (χ4v) is 4.10. The van der Waals surface area contributed by atoms with Crippen LogP contribution in [0, 0.1) is 6.92 Å². The largest absolute Gasteiger partial charge is 0.586 e. The molecule has 6 rings (SSSR count). The molecule has 0 atom stereocenters. The summed E-state index contributed by atoms with van der Waals surface area (Å²) in [6.07, 6.45) is -0.342. The smallest absolute Gasteiger partial charge is 0.395 e. The number of H-pyrrole nitrogens is 1. The number of aryl methyl sites for hydroxylation is 1. The van der Waals surface area contributed by atoms with Gasteiger partial charge in [0.05, 0.1) is 28.5 Å². The zero-order valence-electron chi connectivity index (χ0n) is 16.6. The van der Waals surface area contributed by atoms with Gasteiger partial charge in [-0.1, -0.05) is 0 Å². The van der Waals surface area contributed by atoms with E-state index in [1.807, 2.05) is 25.1 Å². The van der Waals surface area contributed by atoms with E-state index in [0.29, 0.717) is 22.4 Å². The van der Waals surface area contributed by atoms with Crippen LogP contribution in [0.1, 0.15) is 27.3 Å². The predicted octanol–water partition coefficient (Wildman–Crippen LogP) is 3.78. The number of ketones is 1. The molecule has 0 saturated carbocycles.